The third kappa shape index (κ3) is 3.01. The van der Waals surface area contributed by atoms with Crippen LogP contribution in [0.2, 0.25) is 0 Å². The highest BCUT2D eigenvalue weighted by Gasteiger charge is 2.57. The maximum atomic E-state index is 4.71. The quantitative estimate of drug-likeness (QED) is 0.416. The number of para-hydroxylation sites is 2. The summed E-state index contributed by atoms with van der Waals surface area (Å²) in [5, 5.41) is 0. The molecule has 7 atom stereocenters. The van der Waals surface area contributed by atoms with Crippen molar-refractivity contribution in [3.05, 3.63) is 48.3 Å². The van der Waals surface area contributed by atoms with Crippen LogP contribution in [0.25, 0.3) is 16.7 Å². The predicted octanol–water partition coefficient (Wildman–Crippen LogP) is 8.36. The van der Waals surface area contributed by atoms with Gasteiger partial charge in [0.15, 0.2) is 0 Å². The minimum Gasteiger partial charge on any atom is -0.302 e. The maximum Gasteiger partial charge on any atom is 0.100 e. The van der Waals surface area contributed by atoms with E-state index in [1.54, 1.807) is 0 Å². The Bertz CT molecular complexity index is 1060. The zero-order valence-electron chi connectivity index (χ0n) is 21.1. The Hall–Kier alpha value is -1.83. The van der Waals surface area contributed by atoms with Crippen LogP contribution in [-0.4, -0.2) is 9.55 Å². The lowest BCUT2D eigenvalue weighted by atomic mass is 9.46. The van der Waals surface area contributed by atoms with Crippen molar-refractivity contribution >= 4 is 16.7 Å². The van der Waals surface area contributed by atoms with Crippen molar-refractivity contribution in [2.24, 2.45) is 40.4 Å². The lowest BCUT2D eigenvalue weighted by Gasteiger charge is -2.58. The average Bonchev–Trinajstić information content (AvgIpc) is 3.36. The van der Waals surface area contributed by atoms with Crippen LogP contribution in [0.1, 0.15) is 80.1 Å². The summed E-state index contributed by atoms with van der Waals surface area (Å²) in [6, 6.07) is 8.60. The highest BCUT2D eigenvalue weighted by atomic mass is 15.1. The number of allylic oxidation sites excluding steroid dienone is 4. The predicted molar refractivity (Wildman–Crippen MR) is 136 cm³/mol. The molecule has 0 amide bonds. The van der Waals surface area contributed by atoms with Crippen LogP contribution >= 0.6 is 0 Å². The number of hydrogen-bond acceptors (Lipinski definition) is 1. The molecule has 5 unspecified atom stereocenters. The number of nitrogens with zero attached hydrogens (tertiary/aromatic N) is 2. The Morgan fingerprint density at radius 3 is 2.53 bits per heavy atom. The standard InChI is InChI=1S/C28H36N2.C2H6/c1-18-15-20-9-10-21-22-11-12-26(30-17-29-24-7-5-6-8-25(24)30)27(22,3)14-13-23(21)28(20,4)16-19(18)2;1-2/h5-9,12,17-19,21-23H,10-11,13-16H2,1-4H3;1-2H3/t18?,19?,21?,22?,23?,27-,28-;/m0./s1. The maximum absolute atomic E-state index is 4.71. The van der Waals surface area contributed by atoms with Gasteiger partial charge in [-0.25, -0.2) is 4.98 Å². The van der Waals surface area contributed by atoms with E-state index in [0.29, 0.717) is 5.41 Å². The molecule has 0 N–H and O–H groups in total. The van der Waals surface area contributed by atoms with E-state index in [1.165, 1.54) is 49.7 Å². The first-order chi connectivity index (χ1) is 15.4. The molecular formula is C30H42N2. The van der Waals surface area contributed by atoms with Gasteiger partial charge in [-0.05, 0) is 85.7 Å². The number of imidazole rings is 1. The second-order valence-electron chi connectivity index (χ2n) is 11.5. The van der Waals surface area contributed by atoms with Gasteiger partial charge < -0.3 is 4.57 Å². The molecule has 2 nitrogen and oxygen atoms in total. The highest BCUT2D eigenvalue weighted by molar-refractivity contribution is 5.80. The molecule has 0 saturated heterocycles. The molecule has 1 aromatic carbocycles. The van der Waals surface area contributed by atoms with E-state index in [2.05, 4.69) is 75.0 Å². The number of rotatable bonds is 1. The fourth-order valence-electron chi connectivity index (χ4n) is 8.24. The SMILES string of the molecule is CC.CC1CC2=CCC3C(CC[C@]4(C)C(n5cnc6ccccc65)=CCC34)[C@@]2(C)CC1C. The van der Waals surface area contributed by atoms with Gasteiger partial charge >= 0.3 is 0 Å². The van der Waals surface area contributed by atoms with Gasteiger partial charge in [-0.3, -0.25) is 0 Å². The van der Waals surface area contributed by atoms with E-state index in [1.807, 2.05) is 19.4 Å². The van der Waals surface area contributed by atoms with Crippen LogP contribution in [0.3, 0.4) is 0 Å². The topological polar surface area (TPSA) is 17.8 Å². The van der Waals surface area contributed by atoms with Crippen molar-refractivity contribution in [3.8, 4) is 0 Å². The third-order valence-electron chi connectivity index (χ3n) is 10.1. The molecular weight excluding hydrogens is 388 g/mol. The molecule has 2 fully saturated rings. The van der Waals surface area contributed by atoms with Gasteiger partial charge in [-0.15, -0.1) is 0 Å². The molecule has 4 aliphatic carbocycles. The largest absolute Gasteiger partial charge is 0.302 e. The molecule has 2 aromatic rings. The van der Waals surface area contributed by atoms with E-state index < -0.39 is 0 Å². The summed E-state index contributed by atoms with van der Waals surface area (Å²) >= 11 is 0. The summed E-state index contributed by atoms with van der Waals surface area (Å²) in [6.45, 7) is 14.2. The first-order valence-corrected chi connectivity index (χ1v) is 13.2. The van der Waals surface area contributed by atoms with Gasteiger partial charge in [0.1, 0.15) is 6.33 Å². The Morgan fingerprint density at radius 1 is 0.938 bits per heavy atom. The van der Waals surface area contributed by atoms with Gasteiger partial charge in [0.05, 0.1) is 11.0 Å². The molecule has 0 radical (unpaired) electrons. The average molecular weight is 431 g/mol. The Kier molecular flexibility index (Phi) is 5.42. The Balaban J connectivity index is 0.00000105. The van der Waals surface area contributed by atoms with Crippen LogP contribution in [0.4, 0.5) is 0 Å². The van der Waals surface area contributed by atoms with Crippen molar-refractivity contribution in [1.82, 2.24) is 9.55 Å². The normalized spacial score (nSPS) is 40.4. The molecule has 1 heterocycles. The summed E-state index contributed by atoms with van der Waals surface area (Å²) in [5.41, 5.74) is 6.43. The van der Waals surface area contributed by atoms with Crippen LogP contribution < -0.4 is 0 Å². The molecule has 2 saturated carbocycles. The number of hydrogen-bond donors (Lipinski definition) is 0. The Labute approximate surface area is 195 Å². The van der Waals surface area contributed by atoms with Crippen molar-refractivity contribution in [3.63, 3.8) is 0 Å². The molecule has 0 aliphatic heterocycles. The van der Waals surface area contributed by atoms with Crippen LogP contribution in [0.5, 0.6) is 0 Å². The van der Waals surface area contributed by atoms with Crippen LogP contribution in [-0.2, 0) is 0 Å². The van der Waals surface area contributed by atoms with E-state index in [4.69, 9.17) is 4.98 Å². The monoisotopic (exact) mass is 430 g/mol. The molecule has 6 rings (SSSR count). The fourth-order valence-corrected chi connectivity index (χ4v) is 8.24. The molecule has 4 aliphatic rings. The van der Waals surface area contributed by atoms with E-state index >= 15 is 0 Å². The minimum absolute atomic E-state index is 0.278. The second kappa shape index (κ2) is 7.89. The second-order valence-corrected chi connectivity index (χ2v) is 11.5. The molecule has 0 spiro atoms. The summed E-state index contributed by atoms with van der Waals surface area (Å²) in [4.78, 5) is 4.71. The highest BCUT2D eigenvalue weighted by Crippen LogP contribution is 2.66. The smallest absolute Gasteiger partial charge is 0.100 e. The molecule has 1 aromatic heterocycles. The van der Waals surface area contributed by atoms with Gasteiger partial charge in [-0.2, -0.15) is 0 Å². The first-order valence-electron chi connectivity index (χ1n) is 13.2. The molecule has 172 valence electrons. The number of benzene rings is 1. The van der Waals surface area contributed by atoms with Gasteiger partial charge in [0.2, 0.25) is 0 Å². The number of aromatic nitrogens is 2. The van der Waals surface area contributed by atoms with Crippen molar-refractivity contribution in [2.75, 3.05) is 0 Å². The first kappa shape index (κ1) is 22.0. The molecule has 0 bridgehead atoms. The van der Waals surface area contributed by atoms with Gasteiger partial charge in [-0.1, -0.05) is 71.4 Å². The van der Waals surface area contributed by atoms with Crippen LogP contribution in [0, 0.1) is 40.4 Å². The molecule has 32 heavy (non-hydrogen) atoms. The summed E-state index contributed by atoms with van der Waals surface area (Å²) < 4.78 is 2.41. The minimum atomic E-state index is 0.278. The zero-order chi connectivity index (χ0) is 22.7. The summed E-state index contributed by atoms with van der Waals surface area (Å²) in [7, 11) is 0. The lowest BCUT2D eigenvalue weighted by molar-refractivity contribution is -0.0248. The van der Waals surface area contributed by atoms with E-state index in [9.17, 15) is 0 Å². The zero-order valence-corrected chi connectivity index (χ0v) is 21.1. The third-order valence-corrected chi connectivity index (χ3v) is 10.1. The van der Waals surface area contributed by atoms with Crippen molar-refractivity contribution < 1.29 is 0 Å². The van der Waals surface area contributed by atoms with E-state index in [-0.39, 0.29) is 5.41 Å². The summed E-state index contributed by atoms with van der Waals surface area (Å²) in [5.74, 6) is 4.19. The van der Waals surface area contributed by atoms with Crippen LogP contribution in [0.15, 0.2) is 48.3 Å². The fraction of sp³-hybridized carbons (Fsp3) is 0.633. The summed E-state index contributed by atoms with van der Waals surface area (Å²) in [6.07, 6.45) is 15.3. The van der Waals surface area contributed by atoms with Gasteiger partial charge in [0, 0.05) is 11.1 Å². The lowest BCUT2D eigenvalue weighted by Crippen LogP contribution is -2.50. The Morgan fingerprint density at radius 2 is 1.72 bits per heavy atom. The van der Waals surface area contributed by atoms with Crippen molar-refractivity contribution in [2.45, 2.75) is 80.1 Å². The van der Waals surface area contributed by atoms with Gasteiger partial charge in [0.25, 0.3) is 0 Å². The van der Waals surface area contributed by atoms with E-state index in [0.717, 1.165) is 35.1 Å². The number of fused-ring (bicyclic) bond motifs is 6. The van der Waals surface area contributed by atoms with Crippen molar-refractivity contribution in [1.29, 1.82) is 0 Å². The molecule has 2 heteroatoms.